The fourth-order valence-corrected chi connectivity index (χ4v) is 4.57. The molecule has 3 aliphatic heterocycles. The highest BCUT2D eigenvalue weighted by atomic mass is 127. The minimum absolute atomic E-state index is 0. The van der Waals surface area contributed by atoms with Crippen LogP contribution in [0.5, 0.6) is 0 Å². The lowest BCUT2D eigenvalue weighted by atomic mass is 10.1. The van der Waals surface area contributed by atoms with Crippen LogP contribution in [0.3, 0.4) is 0 Å². The molecule has 0 aliphatic carbocycles. The summed E-state index contributed by atoms with van der Waals surface area (Å²) in [5.41, 5.74) is 0. The van der Waals surface area contributed by atoms with Crippen LogP contribution in [-0.4, -0.2) is 99.8 Å². The molecule has 0 bridgehead atoms. The van der Waals surface area contributed by atoms with Crippen molar-refractivity contribution in [3.63, 3.8) is 0 Å². The fraction of sp³-hybridized carbons (Fsp3) is 0.950. The highest BCUT2D eigenvalue weighted by Crippen LogP contribution is 2.20. The third-order valence-corrected chi connectivity index (χ3v) is 6.04. The zero-order valence-corrected chi connectivity index (χ0v) is 19.7. The summed E-state index contributed by atoms with van der Waals surface area (Å²) in [6.07, 6.45) is 5.51. The number of morpholine rings is 1. The van der Waals surface area contributed by atoms with E-state index < -0.39 is 0 Å². The van der Waals surface area contributed by atoms with E-state index in [9.17, 15) is 0 Å². The van der Waals surface area contributed by atoms with E-state index in [1.165, 1.54) is 45.3 Å². The summed E-state index contributed by atoms with van der Waals surface area (Å²) in [6.45, 7) is 14.6. The first-order chi connectivity index (χ1) is 12.7. The van der Waals surface area contributed by atoms with Gasteiger partial charge in [-0.05, 0) is 44.2 Å². The van der Waals surface area contributed by atoms with Crippen LogP contribution in [0.2, 0.25) is 0 Å². The van der Waals surface area contributed by atoms with Crippen LogP contribution in [0.25, 0.3) is 0 Å². The molecular formula is C20H40IN5O. The molecule has 0 spiro atoms. The van der Waals surface area contributed by atoms with Gasteiger partial charge in [0.25, 0.3) is 0 Å². The van der Waals surface area contributed by atoms with Crippen LogP contribution in [0.15, 0.2) is 4.99 Å². The van der Waals surface area contributed by atoms with Crippen molar-refractivity contribution in [1.29, 1.82) is 0 Å². The summed E-state index contributed by atoms with van der Waals surface area (Å²) in [5.74, 6) is 2.52. The van der Waals surface area contributed by atoms with Crippen molar-refractivity contribution in [3.8, 4) is 0 Å². The molecule has 0 aromatic carbocycles. The van der Waals surface area contributed by atoms with E-state index in [2.05, 4.69) is 31.9 Å². The number of guanidine groups is 1. The van der Waals surface area contributed by atoms with Gasteiger partial charge in [-0.1, -0.05) is 13.3 Å². The first-order valence-electron chi connectivity index (χ1n) is 10.7. The van der Waals surface area contributed by atoms with Crippen LogP contribution in [0, 0.1) is 11.8 Å². The van der Waals surface area contributed by atoms with E-state index in [0.29, 0.717) is 5.92 Å². The maximum atomic E-state index is 5.44. The predicted octanol–water partition coefficient (Wildman–Crippen LogP) is 1.96. The van der Waals surface area contributed by atoms with Crippen molar-refractivity contribution in [2.75, 3.05) is 79.2 Å². The Kier molecular flexibility index (Phi) is 10.7. The molecule has 2 atom stereocenters. The maximum Gasteiger partial charge on any atom is 0.193 e. The number of ether oxygens (including phenoxy) is 1. The number of nitrogens with zero attached hydrogens (tertiary/aromatic N) is 4. The molecule has 1 N–H and O–H groups in total. The van der Waals surface area contributed by atoms with Gasteiger partial charge in [-0.25, -0.2) is 0 Å². The third-order valence-electron chi connectivity index (χ3n) is 6.04. The van der Waals surface area contributed by atoms with Crippen molar-refractivity contribution in [2.24, 2.45) is 16.8 Å². The zero-order valence-electron chi connectivity index (χ0n) is 17.4. The molecule has 6 nitrogen and oxygen atoms in total. The monoisotopic (exact) mass is 493 g/mol. The van der Waals surface area contributed by atoms with E-state index >= 15 is 0 Å². The second-order valence-electron chi connectivity index (χ2n) is 8.41. The Morgan fingerprint density at radius 2 is 1.81 bits per heavy atom. The zero-order chi connectivity index (χ0) is 18.2. The average molecular weight is 493 g/mol. The molecule has 0 saturated carbocycles. The number of aliphatic imine (C=N–C) groups is 1. The molecule has 3 heterocycles. The average Bonchev–Trinajstić information content (AvgIpc) is 3.12. The van der Waals surface area contributed by atoms with E-state index in [-0.39, 0.29) is 24.0 Å². The molecule has 0 amide bonds. The lowest BCUT2D eigenvalue weighted by Crippen LogP contribution is -2.45. The normalized spacial score (nSPS) is 26.7. The molecule has 158 valence electrons. The Hall–Kier alpha value is -0.120. The molecule has 3 saturated heterocycles. The van der Waals surface area contributed by atoms with Crippen molar-refractivity contribution < 1.29 is 4.74 Å². The summed E-state index contributed by atoms with van der Waals surface area (Å²) >= 11 is 0. The van der Waals surface area contributed by atoms with E-state index in [4.69, 9.17) is 4.74 Å². The van der Waals surface area contributed by atoms with E-state index in [1.807, 2.05) is 7.05 Å². The van der Waals surface area contributed by atoms with Gasteiger partial charge >= 0.3 is 0 Å². The van der Waals surface area contributed by atoms with Gasteiger partial charge < -0.3 is 19.9 Å². The molecule has 3 aliphatic rings. The molecule has 0 aromatic heterocycles. The van der Waals surface area contributed by atoms with Crippen LogP contribution < -0.4 is 5.32 Å². The van der Waals surface area contributed by atoms with Gasteiger partial charge in [-0.2, -0.15) is 0 Å². The number of rotatable bonds is 6. The van der Waals surface area contributed by atoms with Gasteiger partial charge in [-0.15, -0.1) is 24.0 Å². The molecule has 27 heavy (non-hydrogen) atoms. The SMILES string of the molecule is CN=C(NCC(C)CN1CCOCC1)N1CCC(CN2CCCCC2)C1.I. The number of halogens is 1. The van der Waals surface area contributed by atoms with Gasteiger partial charge in [0.05, 0.1) is 13.2 Å². The van der Waals surface area contributed by atoms with Crippen molar-refractivity contribution in [1.82, 2.24) is 20.0 Å². The largest absolute Gasteiger partial charge is 0.379 e. The second-order valence-corrected chi connectivity index (χ2v) is 8.41. The topological polar surface area (TPSA) is 43.3 Å². The fourth-order valence-electron chi connectivity index (χ4n) is 4.57. The van der Waals surface area contributed by atoms with Gasteiger partial charge in [0, 0.05) is 52.9 Å². The van der Waals surface area contributed by atoms with Gasteiger partial charge in [0.15, 0.2) is 5.96 Å². The molecule has 0 radical (unpaired) electrons. The standard InChI is InChI=1S/C20H39N5O.HI/c1-18(15-24-10-12-26-13-11-24)14-22-20(21-2)25-9-6-19(17-25)16-23-7-4-3-5-8-23;/h18-19H,3-17H2,1-2H3,(H,21,22);1H. The first kappa shape index (κ1) is 23.2. The Morgan fingerprint density at radius 1 is 1.07 bits per heavy atom. The van der Waals surface area contributed by atoms with Crippen molar-refractivity contribution in [2.45, 2.75) is 32.6 Å². The summed E-state index contributed by atoms with van der Waals surface area (Å²) < 4.78 is 5.44. The second kappa shape index (κ2) is 12.4. The maximum absolute atomic E-state index is 5.44. The van der Waals surface area contributed by atoms with Crippen LogP contribution in [0.1, 0.15) is 32.6 Å². The highest BCUT2D eigenvalue weighted by molar-refractivity contribution is 14.0. The molecular weight excluding hydrogens is 453 g/mol. The summed E-state index contributed by atoms with van der Waals surface area (Å²) in [6, 6.07) is 0. The first-order valence-corrected chi connectivity index (χ1v) is 10.7. The molecule has 2 unspecified atom stereocenters. The Morgan fingerprint density at radius 3 is 2.52 bits per heavy atom. The lowest BCUT2D eigenvalue weighted by Gasteiger charge is -2.30. The van der Waals surface area contributed by atoms with Crippen LogP contribution in [0.4, 0.5) is 0 Å². The summed E-state index contributed by atoms with van der Waals surface area (Å²) in [4.78, 5) is 12.2. The Balaban J connectivity index is 0.00000261. The van der Waals surface area contributed by atoms with E-state index in [0.717, 1.165) is 64.4 Å². The van der Waals surface area contributed by atoms with Crippen LogP contribution in [-0.2, 0) is 4.74 Å². The van der Waals surface area contributed by atoms with Crippen LogP contribution >= 0.6 is 24.0 Å². The van der Waals surface area contributed by atoms with Crippen molar-refractivity contribution in [3.05, 3.63) is 0 Å². The van der Waals surface area contributed by atoms with Gasteiger partial charge in [0.2, 0.25) is 0 Å². The smallest absolute Gasteiger partial charge is 0.193 e. The van der Waals surface area contributed by atoms with Gasteiger partial charge in [-0.3, -0.25) is 9.89 Å². The molecule has 3 rings (SSSR count). The quantitative estimate of drug-likeness (QED) is 0.348. The van der Waals surface area contributed by atoms with Crippen molar-refractivity contribution >= 4 is 29.9 Å². The number of hydrogen-bond acceptors (Lipinski definition) is 4. The number of nitrogens with one attached hydrogen (secondary N) is 1. The van der Waals surface area contributed by atoms with E-state index in [1.54, 1.807) is 0 Å². The highest BCUT2D eigenvalue weighted by Gasteiger charge is 2.27. The minimum atomic E-state index is 0. The summed E-state index contributed by atoms with van der Waals surface area (Å²) in [7, 11) is 1.92. The number of hydrogen-bond donors (Lipinski definition) is 1. The third kappa shape index (κ3) is 7.66. The Labute approximate surface area is 183 Å². The minimum Gasteiger partial charge on any atom is -0.379 e. The Bertz CT molecular complexity index is 438. The summed E-state index contributed by atoms with van der Waals surface area (Å²) in [5, 5.41) is 3.63. The molecule has 0 aromatic rings. The number of likely N-dealkylation sites (tertiary alicyclic amines) is 2. The molecule has 3 fully saturated rings. The lowest BCUT2D eigenvalue weighted by molar-refractivity contribution is 0.0320. The number of piperidine rings is 1. The predicted molar refractivity (Wildman–Crippen MR) is 123 cm³/mol. The van der Waals surface area contributed by atoms with Gasteiger partial charge in [0.1, 0.15) is 0 Å². The molecule has 7 heteroatoms.